The summed E-state index contributed by atoms with van der Waals surface area (Å²) in [6.07, 6.45) is 1.56. The summed E-state index contributed by atoms with van der Waals surface area (Å²) in [5.41, 5.74) is 1.66. The van der Waals surface area contributed by atoms with Crippen molar-refractivity contribution in [3.8, 4) is 0 Å². The standard InChI is InChI=1S/C20H25FN2O3S/c1-5-27-19-18(20(25)26)13(2)9-17(22(4)11-14(3)24)23(19)12-15-7-6-8-16(21)10-15/h6-10,17H,5,11-12H2,1-4H3,(H,25,26). The minimum Gasteiger partial charge on any atom is -0.478 e. The molecule has 0 saturated carbocycles. The zero-order valence-electron chi connectivity index (χ0n) is 16.0. The van der Waals surface area contributed by atoms with E-state index in [1.54, 1.807) is 13.0 Å². The van der Waals surface area contributed by atoms with E-state index in [0.29, 0.717) is 22.9 Å². The number of nitrogens with zero attached hydrogens (tertiary/aromatic N) is 2. The highest BCUT2D eigenvalue weighted by Crippen LogP contribution is 2.36. The normalized spacial score (nSPS) is 17.3. The lowest BCUT2D eigenvalue weighted by Gasteiger charge is -2.42. The van der Waals surface area contributed by atoms with Crippen molar-refractivity contribution in [2.75, 3.05) is 19.3 Å². The SMILES string of the molecule is CCSC1=C(C(=O)O)C(C)=CC(N(C)CC(C)=O)N1Cc1cccc(F)c1. The molecule has 1 unspecified atom stereocenters. The molecule has 27 heavy (non-hydrogen) atoms. The molecule has 1 aliphatic rings. The van der Waals surface area contributed by atoms with Gasteiger partial charge in [0.05, 0.1) is 17.1 Å². The van der Waals surface area contributed by atoms with Gasteiger partial charge < -0.3 is 10.0 Å². The molecule has 0 bridgehead atoms. The Labute approximate surface area is 163 Å². The number of aliphatic carboxylic acids is 1. The number of hydrogen-bond acceptors (Lipinski definition) is 5. The highest BCUT2D eigenvalue weighted by Gasteiger charge is 2.33. The van der Waals surface area contributed by atoms with Crippen molar-refractivity contribution < 1.29 is 19.1 Å². The fourth-order valence-electron chi connectivity index (χ4n) is 3.19. The van der Waals surface area contributed by atoms with Crippen LogP contribution in [0.4, 0.5) is 4.39 Å². The first kappa shape index (κ1) is 21.2. The molecule has 0 fully saturated rings. The monoisotopic (exact) mass is 392 g/mol. The van der Waals surface area contributed by atoms with Crippen LogP contribution in [-0.4, -0.2) is 52.2 Å². The number of likely N-dealkylation sites (N-methyl/N-ethyl adjacent to an activating group) is 1. The molecule has 1 aromatic carbocycles. The minimum atomic E-state index is -0.989. The summed E-state index contributed by atoms with van der Waals surface area (Å²) >= 11 is 1.44. The summed E-state index contributed by atoms with van der Waals surface area (Å²) in [7, 11) is 1.83. The Bertz CT molecular complexity index is 791. The van der Waals surface area contributed by atoms with E-state index in [1.165, 1.54) is 30.8 Å². The summed E-state index contributed by atoms with van der Waals surface area (Å²) in [6.45, 7) is 5.83. The number of rotatable bonds is 8. The van der Waals surface area contributed by atoms with E-state index in [9.17, 15) is 19.1 Å². The molecule has 146 valence electrons. The summed E-state index contributed by atoms with van der Waals surface area (Å²) < 4.78 is 13.7. The van der Waals surface area contributed by atoms with Crippen molar-refractivity contribution >= 4 is 23.5 Å². The quantitative estimate of drug-likeness (QED) is 0.731. The molecule has 1 aliphatic heterocycles. The lowest BCUT2D eigenvalue weighted by atomic mass is 10.0. The van der Waals surface area contributed by atoms with Crippen LogP contribution in [0.5, 0.6) is 0 Å². The van der Waals surface area contributed by atoms with Crippen LogP contribution in [-0.2, 0) is 16.1 Å². The number of thioether (sulfide) groups is 1. The summed E-state index contributed by atoms with van der Waals surface area (Å²) in [5, 5.41) is 10.4. The van der Waals surface area contributed by atoms with Crippen LogP contribution in [0.1, 0.15) is 26.3 Å². The van der Waals surface area contributed by atoms with Gasteiger partial charge in [0.2, 0.25) is 0 Å². The van der Waals surface area contributed by atoms with Gasteiger partial charge in [-0.05, 0) is 56.0 Å². The van der Waals surface area contributed by atoms with E-state index in [2.05, 4.69) is 0 Å². The molecular weight excluding hydrogens is 367 g/mol. The Hall–Kier alpha value is -2.12. The second kappa shape index (κ2) is 9.19. The van der Waals surface area contributed by atoms with Crippen LogP contribution in [0.3, 0.4) is 0 Å². The predicted octanol–water partition coefficient (Wildman–Crippen LogP) is 3.48. The van der Waals surface area contributed by atoms with Crippen molar-refractivity contribution in [3.05, 3.63) is 57.9 Å². The van der Waals surface area contributed by atoms with Crippen LogP contribution in [0.15, 0.2) is 46.5 Å². The van der Waals surface area contributed by atoms with Crippen molar-refractivity contribution in [3.63, 3.8) is 0 Å². The first-order valence-corrected chi connectivity index (χ1v) is 9.73. The molecule has 0 amide bonds. The Morgan fingerprint density at radius 3 is 2.63 bits per heavy atom. The van der Waals surface area contributed by atoms with E-state index >= 15 is 0 Å². The van der Waals surface area contributed by atoms with E-state index < -0.39 is 5.97 Å². The average Bonchev–Trinajstić information content (AvgIpc) is 2.56. The fourth-order valence-corrected chi connectivity index (χ4v) is 4.19. The Morgan fingerprint density at radius 2 is 2.07 bits per heavy atom. The van der Waals surface area contributed by atoms with Crippen LogP contribution >= 0.6 is 11.8 Å². The van der Waals surface area contributed by atoms with Crippen LogP contribution in [0.25, 0.3) is 0 Å². The zero-order valence-corrected chi connectivity index (χ0v) is 16.8. The molecular formula is C20H25FN2O3S. The minimum absolute atomic E-state index is 0.0203. The molecule has 0 radical (unpaired) electrons. The predicted molar refractivity (Wildman–Crippen MR) is 106 cm³/mol. The number of carbonyl (C=O) groups is 2. The fraction of sp³-hybridized carbons (Fsp3) is 0.400. The van der Waals surface area contributed by atoms with E-state index in [-0.39, 0.29) is 29.9 Å². The third-order valence-electron chi connectivity index (χ3n) is 4.25. The summed E-state index contributed by atoms with van der Waals surface area (Å²) in [5.74, 6) is -0.608. The number of hydrogen-bond donors (Lipinski definition) is 1. The average molecular weight is 392 g/mol. The number of ketones is 1. The topological polar surface area (TPSA) is 60.9 Å². The third kappa shape index (κ3) is 5.20. The number of carbonyl (C=O) groups excluding carboxylic acids is 1. The second-order valence-electron chi connectivity index (χ2n) is 6.56. The molecule has 1 heterocycles. The van der Waals surface area contributed by atoms with Crippen molar-refractivity contribution in [2.24, 2.45) is 0 Å². The second-order valence-corrected chi connectivity index (χ2v) is 7.81. The van der Waals surface area contributed by atoms with Gasteiger partial charge in [0.25, 0.3) is 0 Å². The molecule has 7 heteroatoms. The molecule has 1 atom stereocenters. The number of halogens is 1. The lowest BCUT2D eigenvalue weighted by molar-refractivity contribution is -0.132. The first-order valence-electron chi connectivity index (χ1n) is 8.74. The van der Waals surface area contributed by atoms with Gasteiger partial charge in [-0.15, -0.1) is 11.8 Å². The maximum Gasteiger partial charge on any atom is 0.338 e. The van der Waals surface area contributed by atoms with E-state index in [1.807, 2.05) is 35.9 Å². The van der Waals surface area contributed by atoms with Crippen molar-refractivity contribution in [2.45, 2.75) is 33.5 Å². The summed E-state index contributed by atoms with van der Waals surface area (Å²) in [6, 6.07) is 6.27. The molecule has 0 spiro atoms. The van der Waals surface area contributed by atoms with Crippen LogP contribution < -0.4 is 0 Å². The number of carboxylic acid groups (broad SMARTS) is 1. The van der Waals surface area contributed by atoms with E-state index in [4.69, 9.17) is 0 Å². The maximum atomic E-state index is 13.7. The molecule has 2 rings (SSSR count). The molecule has 0 aliphatic carbocycles. The molecule has 1 aromatic rings. The van der Waals surface area contributed by atoms with E-state index in [0.717, 1.165) is 5.56 Å². The van der Waals surface area contributed by atoms with Gasteiger partial charge >= 0.3 is 5.97 Å². The smallest absolute Gasteiger partial charge is 0.338 e. The van der Waals surface area contributed by atoms with Gasteiger partial charge in [0.15, 0.2) is 0 Å². The Balaban J connectivity index is 2.52. The van der Waals surface area contributed by atoms with Crippen LogP contribution in [0.2, 0.25) is 0 Å². The highest BCUT2D eigenvalue weighted by molar-refractivity contribution is 8.03. The van der Waals surface area contributed by atoms with Gasteiger partial charge in [-0.25, -0.2) is 9.18 Å². The van der Waals surface area contributed by atoms with Gasteiger partial charge in [-0.3, -0.25) is 9.69 Å². The van der Waals surface area contributed by atoms with Crippen molar-refractivity contribution in [1.29, 1.82) is 0 Å². The first-order chi connectivity index (χ1) is 12.7. The van der Waals surface area contributed by atoms with Gasteiger partial charge in [-0.1, -0.05) is 19.1 Å². The zero-order chi connectivity index (χ0) is 20.1. The number of Topliss-reactive ketones (excluding diaryl/α,β-unsaturated/α-hetero) is 1. The largest absolute Gasteiger partial charge is 0.478 e. The van der Waals surface area contributed by atoms with Gasteiger partial charge in [0, 0.05) is 6.54 Å². The Morgan fingerprint density at radius 1 is 1.37 bits per heavy atom. The third-order valence-corrected chi connectivity index (χ3v) is 5.25. The number of benzene rings is 1. The van der Waals surface area contributed by atoms with Gasteiger partial charge in [-0.2, -0.15) is 0 Å². The van der Waals surface area contributed by atoms with Crippen molar-refractivity contribution in [1.82, 2.24) is 9.80 Å². The summed E-state index contributed by atoms with van der Waals surface area (Å²) in [4.78, 5) is 27.3. The maximum absolute atomic E-state index is 13.7. The van der Waals surface area contributed by atoms with Crippen LogP contribution in [0, 0.1) is 5.82 Å². The molecule has 1 N–H and O–H groups in total. The lowest BCUT2D eigenvalue weighted by Crippen LogP contribution is -2.48. The van der Waals surface area contributed by atoms with Gasteiger partial charge in [0.1, 0.15) is 17.8 Å². The Kier molecular flexibility index (Phi) is 7.21. The molecule has 5 nitrogen and oxygen atoms in total. The number of carboxylic acids is 1. The molecule has 0 saturated heterocycles. The molecule has 0 aromatic heterocycles. The highest BCUT2D eigenvalue weighted by atomic mass is 32.2.